The van der Waals surface area contributed by atoms with E-state index in [1.54, 1.807) is 12.4 Å². The Labute approximate surface area is 160 Å². The average molecular weight is 411 g/mol. The van der Waals surface area contributed by atoms with Crippen LogP contribution in [0.5, 0.6) is 0 Å². The Morgan fingerprint density at radius 1 is 1.04 bits per heavy atom. The third kappa shape index (κ3) is 2.85. The highest BCUT2D eigenvalue weighted by atomic mass is 79.9. The maximum absolute atomic E-state index is 5.03. The molecule has 7 heteroatoms. The third-order valence-electron chi connectivity index (χ3n) is 5.06. The van der Waals surface area contributed by atoms with Crippen molar-refractivity contribution in [2.24, 2.45) is 0 Å². The van der Waals surface area contributed by atoms with Crippen molar-refractivity contribution in [2.45, 2.75) is 18.8 Å². The molecule has 3 aromatic rings. The summed E-state index contributed by atoms with van der Waals surface area (Å²) in [6.07, 6.45) is 9.91. The van der Waals surface area contributed by atoms with Crippen molar-refractivity contribution in [1.82, 2.24) is 25.3 Å². The van der Waals surface area contributed by atoms with E-state index in [9.17, 15) is 0 Å². The summed E-state index contributed by atoms with van der Waals surface area (Å²) in [7, 11) is 0. The van der Waals surface area contributed by atoms with Gasteiger partial charge in [0.05, 0.1) is 11.7 Å². The maximum atomic E-state index is 5.03. The van der Waals surface area contributed by atoms with Crippen molar-refractivity contribution in [3.05, 3.63) is 40.9 Å². The van der Waals surface area contributed by atoms with Crippen LogP contribution < -0.4 is 10.2 Å². The van der Waals surface area contributed by atoms with Gasteiger partial charge in [0, 0.05) is 60.2 Å². The van der Waals surface area contributed by atoms with Gasteiger partial charge in [0.25, 0.3) is 0 Å². The summed E-state index contributed by atoms with van der Waals surface area (Å²) in [5.41, 5.74) is 3.18. The number of halogens is 1. The minimum absolute atomic E-state index is 0.606. The molecule has 0 bridgehead atoms. The molecular formula is C19H19BrN6. The minimum atomic E-state index is 0.606. The molecule has 1 saturated carbocycles. The van der Waals surface area contributed by atoms with Gasteiger partial charge in [0.2, 0.25) is 0 Å². The van der Waals surface area contributed by atoms with Crippen LogP contribution in [0.15, 0.2) is 35.3 Å². The van der Waals surface area contributed by atoms with Crippen molar-refractivity contribution in [3.63, 3.8) is 0 Å². The predicted octanol–water partition coefficient (Wildman–Crippen LogP) is 3.14. The van der Waals surface area contributed by atoms with Crippen LogP contribution in [0.2, 0.25) is 0 Å². The average Bonchev–Trinajstić information content (AvgIpc) is 3.53. The summed E-state index contributed by atoms with van der Waals surface area (Å²) in [5.74, 6) is 2.37. The zero-order valence-electron chi connectivity index (χ0n) is 14.3. The highest BCUT2D eigenvalue weighted by molar-refractivity contribution is 9.10. The molecule has 6 nitrogen and oxygen atoms in total. The van der Waals surface area contributed by atoms with Gasteiger partial charge in [-0.3, -0.25) is 9.97 Å². The van der Waals surface area contributed by atoms with Gasteiger partial charge in [-0.05, 0) is 46.3 Å². The number of hydrogen-bond acceptors (Lipinski definition) is 6. The van der Waals surface area contributed by atoms with Crippen molar-refractivity contribution in [2.75, 3.05) is 31.1 Å². The van der Waals surface area contributed by atoms with Gasteiger partial charge < -0.3 is 10.2 Å². The largest absolute Gasteiger partial charge is 0.353 e. The van der Waals surface area contributed by atoms with Crippen LogP contribution in [0.3, 0.4) is 0 Å². The summed E-state index contributed by atoms with van der Waals surface area (Å²) in [6, 6.07) is 1.95. The Hall–Kier alpha value is -2.12. The number of pyridine rings is 2. The fourth-order valence-corrected chi connectivity index (χ4v) is 4.00. The molecule has 0 amide bonds. The lowest BCUT2D eigenvalue weighted by atomic mass is 10.1. The van der Waals surface area contributed by atoms with Crippen molar-refractivity contribution in [3.8, 4) is 11.4 Å². The number of aromatic nitrogens is 4. The molecule has 5 rings (SSSR count). The van der Waals surface area contributed by atoms with Crippen molar-refractivity contribution >= 4 is 32.7 Å². The Morgan fingerprint density at radius 3 is 2.65 bits per heavy atom. The zero-order chi connectivity index (χ0) is 17.5. The molecule has 1 aliphatic carbocycles. The third-order valence-corrected chi connectivity index (χ3v) is 5.70. The lowest BCUT2D eigenvalue weighted by molar-refractivity contribution is 0.586. The van der Waals surface area contributed by atoms with E-state index in [4.69, 9.17) is 9.97 Å². The molecule has 1 aliphatic heterocycles. The second kappa shape index (κ2) is 6.55. The molecule has 0 unspecified atom stereocenters. The molecule has 0 radical (unpaired) electrons. The van der Waals surface area contributed by atoms with Crippen molar-refractivity contribution < 1.29 is 0 Å². The molecule has 0 aromatic carbocycles. The van der Waals surface area contributed by atoms with Crippen molar-refractivity contribution in [1.29, 1.82) is 0 Å². The van der Waals surface area contributed by atoms with Crippen LogP contribution in [0, 0.1) is 0 Å². The van der Waals surface area contributed by atoms with Crippen LogP contribution in [-0.4, -0.2) is 46.1 Å². The summed E-state index contributed by atoms with van der Waals surface area (Å²) in [5, 5.41) is 4.60. The van der Waals surface area contributed by atoms with Gasteiger partial charge in [0.15, 0.2) is 5.82 Å². The summed E-state index contributed by atoms with van der Waals surface area (Å²) in [6.45, 7) is 3.86. The van der Waals surface area contributed by atoms with Gasteiger partial charge >= 0.3 is 0 Å². The van der Waals surface area contributed by atoms with Crippen LogP contribution in [0.4, 0.5) is 5.82 Å². The van der Waals surface area contributed by atoms with Gasteiger partial charge in [0.1, 0.15) is 5.82 Å². The fraction of sp³-hybridized carbons (Fsp3) is 0.368. The van der Waals surface area contributed by atoms with E-state index in [0.29, 0.717) is 5.92 Å². The lowest BCUT2D eigenvalue weighted by Crippen LogP contribution is -2.44. The maximum Gasteiger partial charge on any atom is 0.163 e. The number of rotatable bonds is 3. The first kappa shape index (κ1) is 16.1. The van der Waals surface area contributed by atoms with Gasteiger partial charge in [-0.2, -0.15) is 0 Å². The zero-order valence-corrected chi connectivity index (χ0v) is 15.9. The van der Waals surface area contributed by atoms with Crippen LogP contribution in [0.1, 0.15) is 24.3 Å². The second-order valence-corrected chi connectivity index (χ2v) is 7.71. The smallest absolute Gasteiger partial charge is 0.163 e. The van der Waals surface area contributed by atoms with E-state index >= 15 is 0 Å². The predicted molar refractivity (Wildman–Crippen MR) is 105 cm³/mol. The standard InChI is InChI=1S/C19H19BrN6/c20-15-10-22-4-3-13(15)18-24-16-11-23-9-14(12-1-2-12)17(16)19(25-18)26-7-5-21-6-8-26/h3-4,9-12,21H,1-2,5-8H2. The number of nitrogens with one attached hydrogen (secondary N) is 1. The molecule has 0 atom stereocenters. The lowest BCUT2D eigenvalue weighted by Gasteiger charge is -2.30. The molecule has 3 aromatic heterocycles. The van der Waals surface area contributed by atoms with E-state index < -0.39 is 0 Å². The summed E-state index contributed by atoms with van der Waals surface area (Å²) < 4.78 is 0.900. The molecule has 0 spiro atoms. The Kier molecular flexibility index (Phi) is 4.05. The van der Waals surface area contributed by atoms with Crippen LogP contribution in [-0.2, 0) is 0 Å². The number of fused-ring (bicyclic) bond motifs is 1. The highest BCUT2D eigenvalue weighted by Gasteiger charge is 2.29. The van der Waals surface area contributed by atoms with E-state index in [1.165, 1.54) is 23.8 Å². The number of piperazine rings is 1. The molecule has 2 fully saturated rings. The number of hydrogen-bond donors (Lipinski definition) is 1. The summed E-state index contributed by atoms with van der Waals surface area (Å²) in [4.78, 5) is 20.9. The number of nitrogens with zero attached hydrogens (tertiary/aromatic N) is 5. The van der Waals surface area contributed by atoms with E-state index in [1.807, 2.05) is 18.5 Å². The van der Waals surface area contributed by atoms with E-state index in [2.05, 4.69) is 36.1 Å². The molecule has 26 heavy (non-hydrogen) atoms. The first-order valence-corrected chi connectivity index (χ1v) is 9.82. The first-order chi connectivity index (χ1) is 12.8. The van der Waals surface area contributed by atoms with E-state index in [0.717, 1.165) is 53.4 Å². The van der Waals surface area contributed by atoms with Gasteiger partial charge in [-0.25, -0.2) is 9.97 Å². The fourth-order valence-electron chi connectivity index (χ4n) is 3.58. The van der Waals surface area contributed by atoms with E-state index in [-0.39, 0.29) is 0 Å². The summed E-state index contributed by atoms with van der Waals surface area (Å²) >= 11 is 3.58. The van der Waals surface area contributed by atoms with Crippen LogP contribution in [0.25, 0.3) is 22.3 Å². The topological polar surface area (TPSA) is 66.8 Å². The molecule has 1 saturated heterocycles. The van der Waals surface area contributed by atoms with Gasteiger partial charge in [-0.15, -0.1) is 0 Å². The minimum Gasteiger partial charge on any atom is -0.353 e. The molecule has 4 heterocycles. The Morgan fingerprint density at radius 2 is 1.88 bits per heavy atom. The molecular weight excluding hydrogens is 392 g/mol. The van der Waals surface area contributed by atoms with Gasteiger partial charge in [-0.1, -0.05) is 0 Å². The quantitative estimate of drug-likeness (QED) is 0.715. The first-order valence-electron chi connectivity index (χ1n) is 9.02. The molecule has 1 N–H and O–H groups in total. The number of anilines is 1. The van der Waals surface area contributed by atoms with Crippen LogP contribution >= 0.6 is 15.9 Å². The Bertz CT molecular complexity index is 965. The Balaban J connectivity index is 1.75. The monoisotopic (exact) mass is 410 g/mol. The normalized spacial score (nSPS) is 17.7. The SMILES string of the molecule is Brc1cnccc1-c1nc(N2CCNCC2)c2c(C3CC3)cncc2n1. The second-order valence-electron chi connectivity index (χ2n) is 6.86. The highest BCUT2D eigenvalue weighted by Crippen LogP contribution is 2.45. The molecule has 2 aliphatic rings. The molecule has 132 valence electrons.